The largest absolute Gasteiger partial charge is 0.326 e. The molecular formula is C13H17Cl2N3O. The van der Waals surface area contributed by atoms with Crippen LogP contribution in [-0.4, -0.2) is 36.5 Å². The number of carbonyl (C=O) groups excluding carboxylic acids is 1. The van der Waals surface area contributed by atoms with Gasteiger partial charge >= 0.3 is 0 Å². The average molecular weight is 302 g/mol. The molecule has 3 N–H and O–H groups in total. The van der Waals surface area contributed by atoms with Gasteiger partial charge in [-0.1, -0.05) is 36.2 Å². The van der Waals surface area contributed by atoms with Gasteiger partial charge in [0.1, 0.15) is 0 Å². The molecule has 4 nitrogen and oxygen atoms in total. The van der Waals surface area contributed by atoms with Crippen LogP contribution in [0.4, 0.5) is 5.69 Å². The maximum atomic E-state index is 12.0. The molecule has 0 bridgehead atoms. The lowest BCUT2D eigenvalue weighted by atomic mass is 10.1. The van der Waals surface area contributed by atoms with Gasteiger partial charge in [-0.25, -0.2) is 0 Å². The normalized spacial score (nSPS) is 23.6. The Morgan fingerprint density at radius 3 is 2.58 bits per heavy atom. The molecule has 1 aromatic carbocycles. The van der Waals surface area contributed by atoms with Gasteiger partial charge in [-0.3, -0.25) is 9.69 Å². The number of anilines is 1. The molecule has 1 aliphatic heterocycles. The topological polar surface area (TPSA) is 58.4 Å². The van der Waals surface area contributed by atoms with E-state index in [-0.39, 0.29) is 11.9 Å². The van der Waals surface area contributed by atoms with Crippen molar-refractivity contribution in [3.05, 3.63) is 28.2 Å². The number of nitrogens with one attached hydrogen (secondary N) is 1. The smallest absolute Gasteiger partial charge is 0.238 e. The van der Waals surface area contributed by atoms with Crippen molar-refractivity contribution >= 4 is 34.8 Å². The fourth-order valence-corrected chi connectivity index (χ4v) is 2.72. The van der Waals surface area contributed by atoms with Crippen molar-refractivity contribution in [3.63, 3.8) is 0 Å². The number of hydrogen-bond donors (Lipinski definition) is 2. The van der Waals surface area contributed by atoms with E-state index in [0.717, 1.165) is 13.1 Å². The summed E-state index contributed by atoms with van der Waals surface area (Å²) in [5, 5.41) is 3.62. The number of likely N-dealkylation sites (tertiary alicyclic amines) is 1. The zero-order valence-corrected chi connectivity index (χ0v) is 12.2. The Morgan fingerprint density at radius 1 is 1.42 bits per heavy atom. The lowest BCUT2D eigenvalue weighted by molar-refractivity contribution is -0.117. The fourth-order valence-electron chi connectivity index (χ4n) is 2.22. The van der Waals surface area contributed by atoms with Gasteiger partial charge in [0.2, 0.25) is 5.91 Å². The van der Waals surface area contributed by atoms with Crippen molar-refractivity contribution in [1.82, 2.24) is 4.90 Å². The summed E-state index contributed by atoms with van der Waals surface area (Å²) in [6.07, 6.45) is 0. The Kier molecular flexibility index (Phi) is 4.68. The standard InChI is InChI=1S/C13H17Cl2N3O/c1-8-5-18(6-11(8)16)7-12(19)17-13-9(14)3-2-4-10(13)15/h2-4,8,11H,5-7,16H2,1H3,(H,17,19). The minimum absolute atomic E-state index is 0.128. The van der Waals surface area contributed by atoms with Gasteiger partial charge in [0.15, 0.2) is 0 Å². The van der Waals surface area contributed by atoms with Crippen LogP contribution in [0.3, 0.4) is 0 Å². The van der Waals surface area contributed by atoms with Crippen LogP contribution in [0.15, 0.2) is 18.2 Å². The Morgan fingerprint density at radius 2 is 2.05 bits per heavy atom. The number of hydrogen-bond acceptors (Lipinski definition) is 3. The summed E-state index contributed by atoms with van der Waals surface area (Å²) >= 11 is 12.0. The van der Waals surface area contributed by atoms with Crippen molar-refractivity contribution in [1.29, 1.82) is 0 Å². The monoisotopic (exact) mass is 301 g/mol. The maximum absolute atomic E-state index is 12.0. The highest BCUT2D eigenvalue weighted by Crippen LogP contribution is 2.29. The van der Waals surface area contributed by atoms with Crippen molar-refractivity contribution in [2.75, 3.05) is 25.0 Å². The van der Waals surface area contributed by atoms with Crippen molar-refractivity contribution < 1.29 is 4.79 Å². The van der Waals surface area contributed by atoms with Crippen LogP contribution in [0.2, 0.25) is 10.0 Å². The van der Waals surface area contributed by atoms with E-state index in [2.05, 4.69) is 12.2 Å². The molecule has 1 saturated heterocycles. The molecule has 1 heterocycles. The number of benzene rings is 1. The highest BCUT2D eigenvalue weighted by molar-refractivity contribution is 6.39. The van der Waals surface area contributed by atoms with E-state index in [1.807, 2.05) is 4.90 Å². The molecule has 0 radical (unpaired) electrons. The minimum atomic E-state index is -0.128. The molecule has 0 saturated carbocycles. The molecule has 1 amide bonds. The molecule has 1 aromatic rings. The van der Waals surface area contributed by atoms with E-state index in [0.29, 0.717) is 28.2 Å². The third-order valence-electron chi connectivity index (χ3n) is 3.34. The summed E-state index contributed by atoms with van der Waals surface area (Å²) in [6.45, 7) is 3.97. The van der Waals surface area contributed by atoms with Crippen LogP contribution in [-0.2, 0) is 4.79 Å². The summed E-state index contributed by atoms with van der Waals surface area (Å²) < 4.78 is 0. The van der Waals surface area contributed by atoms with Gasteiger partial charge in [-0.15, -0.1) is 0 Å². The van der Waals surface area contributed by atoms with E-state index in [9.17, 15) is 4.79 Å². The van der Waals surface area contributed by atoms with Crippen LogP contribution < -0.4 is 11.1 Å². The third kappa shape index (κ3) is 3.60. The van der Waals surface area contributed by atoms with Gasteiger partial charge in [-0.05, 0) is 18.1 Å². The molecule has 6 heteroatoms. The summed E-state index contributed by atoms with van der Waals surface area (Å²) in [4.78, 5) is 14.0. The minimum Gasteiger partial charge on any atom is -0.326 e. The van der Waals surface area contributed by atoms with E-state index in [4.69, 9.17) is 28.9 Å². The van der Waals surface area contributed by atoms with E-state index in [1.165, 1.54) is 0 Å². The van der Waals surface area contributed by atoms with Crippen LogP contribution in [0, 0.1) is 5.92 Å². The van der Waals surface area contributed by atoms with Gasteiger partial charge < -0.3 is 11.1 Å². The van der Waals surface area contributed by atoms with Gasteiger partial charge in [0.25, 0.3) is 0 Å². The number of nitrogens with zero attached hydrogens (tertiary/aromatic N) is 1. The molecular weight excluding hydrogens is 285 g/mol. The van der Waals surface area contributed by atoms with Crippen molar-refractivity contribution in [2.24, 2.45) is 11.7 Å². The average Bonchev–Trinajstić information content (AvgIpc) is 2.63. The first-order valence-corrected chi connectivity index (χ1v) is 6.94. The zero-order chi connectivity index (χ0) is 14.0. The fraction of sp³-hybridized carbons (Fsp3) is 0.462. The molecule has 0 aliphatic carbocycles. The number of carbonyl (C=O) groups is 1. The molecule has 104 valence electrons. The lowest BCUT2D eigenvalue weighted by Gasteiger charge is -2.15. The van der Waals surface area contributed by atoms with E-state index >= 15 is 0 Å². The summed E-state index contributed by atoms with van der Waals surface area (Å²) in [5.74, 6) is 0.285. The van der Waals surface area contributed by atoms with Crippen molar-refractivity contribution in [3.8, 4) is 0 Å². The quantitative estimate of drug-likeness (QED) is 0.900. The number of nitrogens with two attached hydrogens (primary N) is 1. The predicted molar refractivity (Wildman–Crippen MR) is 78.7 cm³/mol. The first-order valence-electron chi connectivity index (χ1n) is 6.19. The predicted octanol–water partition coefficient (Wildman–Crippen LogP) is 2.21. The molecule has 0 spiro atoms. The second-order valence-corrected chi connectivity index (χ2v) is 5.79. The first kappa shape index (κ1) is 14.6. The van der Waals surface area contributed by atoms with Crippen LogP contribution in [0.1, 0.15) is 6.92 Å². The van der Waals surface area contributed by atoms with Crippen LogP contribution >= 0.6 is 23.2 Å². The molecule has 19 heavy (non-hydrogen) atoms. The van der Waals surface area contributed by atoms with E-state index in [1.54, 1.807) is 18.2 Å². The molecule has 1 fully saturated rings. The Balaban J connectivity index is 1.95. The SMILES string of the molecule is CC1CN(CC(=O)Nc2c(Cl)cccc2Cl)CC1N. The zero-order valence-electron chi connectivity index (χ0n) is 10.7. The van der Waals surface area contributed by atoms with Crippen LogP contribution in [0.25, 0.3) is 0 Å². The third-order valence-corrected chi connectivity index (χ3v) is 3.97. The molecule has 1 aliphatic rings. The number of amides is 1. The van der Waals surface area contributed by atoms with Gasteiger partial charge in [0.05, 0.1) is 22.3 Å². The second-order valence-electron chi connectivity index (χ2n) is 4.98. The molecule has 2 atom stereocenters. The number of rotatable bonds is 3. The number of halogens is 2. The highest BCUT2D eigenvalue weighted by atomic mass is 35.5. The molecule has 2 rings (SSSR count). The summed E-state index contributed by atoms with van der Waals surface area (Å²) in [5.41, 5.74) is 6.39. The molecule has 0 aromatic heterocycles. The first-order chi connectivity index (χ1) is 8.97. The van der Waals surface area contributed by atoms with Gasteiger partial charge in [-0.2, -0.15) is 0 Å². The molecule has 2 unspecified atom stereocenters. The Hall–Kier alpha value is -0.810. The summed E-state index contributed by atoms with van der Waals surface area (Å²) in [7, 11) is 0. The Bertz CT molecular complexity index is 451. The van der Waals surface area contributed by atoms with E-state index < -0.39 is 0 Å². The second kappa shape index (κ2) is 6.09. The van der Waals surface area contributed by atoms with Crippen molar-refractivity contribution in [2.45, 2.75) is 13.0 Å². The highest BCUT2D eigenvalue weighted by Gasteiger charge is 2.27. The maximum Gasteiger partial charge on any atom is 0.238 e. The van der Waals surface area contributed by atoms with Gasteiger partial charge in [0, 0.05) is 19.1 Å². The summed E-state index contributed by atoms with van der Waals surface area (Å²) in [6, 6.07) is 5.26. The van der Waals surface area contributed by atoms with Crippen LogP contribution in [0.5, 0.6) is 0 Å². The lowest BCUT2D eigenvalue weighted by Crippen LogP contribution is -2.33. The Labute approximate surface area is 122 Å². The number of para-hydroxylation sites is 1.